The molecule has 0 aliphatic heterocycles. The zero-order valence-electron chi connectivity index (χ0n) is 39.1. The van der Waals surface area contributed by atoms with Gasteiger partial charge in [-0.3, -0.25) is 19.2 Å². The number of esters is 4. The Balaban J connectivity index is 2.99. The molecule has 340 valence electrons. The van der Waals surface area contributed by atoms with Crippen molar-refractivity contribution in [3.8, 4) is 0 Å². The second kappa shape index (κ2) is 34.6. The van der Waals surface area contributed by atoms with Crippen molar-refractivity contribution in [2.45, 2.75) is 222 Å². The first kappa shape index (κ1) is 53.9. The molecule has 0 aromatic carbocycles. The average Bonchev–Trinajstić information content (AvgIpc) is 3.17. The second-order valence-corrected chi connectivity index (χ2v) is 19.4. The zero-order chi connectivity index (χ0) is 43.0. The predicted molar refractivity (Wildman–Crippen MR) is 237 cm³/mol. The maximum absolute atomic E-state index is 13.8. The summed E-state index contributed by atoms with van der Waals surface area (Å²) in [5.41, 5.74) is 0. The molecule has 0 aromatic heterocycles. The molecular formula is C50H92O8. The molecule has 0 saturated heterocycles. The maximum Gasteiger partial charge on any atom is 0.309 e. The molecule has 0 spiro atoms. The van der Waals surface area contributed by atoms with Crippen molar-refractivity contribution in [2.75, 3.05) is 26.4 Å². The summed E-state index contributed by atoms with van der Waals surface area (Å²) in [4.78, 5) is 55.1. The largest absolute Gasteiger partial charge is 0.465 e. The van der Waals surface area contributed by atoms with Crippen LogP contribution in [0, 0.1) is 47.3 Å². The third kappa shape index (κ3) is 27.6. The van der Waals surface area contributed by atoms with E-state index in [1.807, 2.05) is 0 Å². The van der Waals surface area contributed by atoms with E-state index in [9.17, 15) is 19.2 Å². The number of rotatable bonds is 36. The van der Waals surface area contributed by atoms with Gasteiger partial charge in [0.25, 0.3) is 0 Å². The number of carbonyl (C=O) groups excluding carboxylic acids is 4. The molecule has 0 heterocycles. The number of unbranched alkanes of at least 4 members (excludes halogenated alkanes) is 16. The van der Waals surface area contributed by atoms with Gasteiger partial charge in [-0.1, -0.05) is 184 Å². The average molecular weight is 821 g/mol. The Kier molecular flexibility index (Phi) is 32.1. The first-order valence-electron chi connectivity index (χ1n) is 24.5. The normalized spacial score (nSPS) is 18.3. The highest BCUT2D eigenvalue weighted by atomic mass is 16.5. The van der Waals surface area contributed by atoms with Crippen molar-refractivity contribution in [1.29, 1.82) is 0 Å². The van der Waals surface area contributed by atoms with Crippen molar-refractivity contribution < 1.29 is 38.1 Å². The van der Waals surface area contributed by atoms with Crippen molar-refractivity contribution in [3.05, 3.63) is 0 Å². The Morgan fingerprint density at radius 2 is 0.483 bits per heavy atom. The van der Waals surface area contributed by atoms with E-state index in [1.165, 1.54) is 77.0 Å². The molecule has 0 amide bonds. The summed E-state index contributed by atoms with van der Waals surface area (Å²) in [5, 5.41) is 0. The van der Waals surface area contributed by atoms with Gasteiger partial charge in [-0.25, -0.2) is 0 Å². The molecule has 8 heteroatoms. The minimum atomic E-state index is -0.886. The van der Waals surface area contributed by atoms with Crippen LogP contribution in [0.3, 0.4) is 0 Å². The fourth-order valence-corrected chi connectivity index (χ4v) is 8.11. The number of ether oxygens (including phenoxy) is 4. The van der Waals surface area contributed by atoms with Gasteiger partial charge in [0, 0.05) is 0 Å². The van der Waals surface area contributed by atoms with Crippen LogP contribution in [0.25, 0.3) is 0 Å². The monoisotopic (exact) mass is 821 g/mol. The molecule has 8 nitrogen and oxygen atoms in total. The summed E-state index contributed by atoms with van der Waals surface area (Å²) in [6, 6.07) is 0. The molecule has 0 aromatic rings. The first-order valence-corrected chi connectivity index (χ1v) is 24.5. The molecule has 1 rings (SSSR count). The highest BCUT2D eigenvalue weighted by Gasteiger charge is 2.51. The number of hydrogen-bond acceptors (Lipinski definition) is 8. The minimum absolute atomic E-state index is 0.00725. The quantitative estimate of drug-likeness (QED) is 0.0349. The summed E-state index contributed by atoms with van der Waals surface area (Å²) >= 11 is 0. The molecule has 0 radical (unpaired) electrons. The molecule has 1 aliphatic rings. The van der Waals surface area contributed by atoms with Crippen LogP contribution < -0.4 is 0 Å². The molecule has 1 fully saturated rings. The van der Waals surface area contributed by atoms with E-state index in [0.29, 0.717) is 23.7 Å². The van der Waals surface area contributed by atoms with E-state index < -0.39 is 47.5 Å². The number of carbonyl (C=O) groups is 4. The van der Waals surface area contributed by atoms with Crippen molar-refractivity contribution in [2.24, 2.45) is 47.3 Å². The Morgan fingerprint density at radius 3 is 0.672 bits per heavy atom. The van der Waals surface area contributed by atoms with E-state index in [4.69, 9.17) is 18.9 Å². The van der Waals surface area contributed by atoms with Crippen molar-refractivity contribution in [1.82, 2.24) is 0 Å². The van der Waals surface area contributed by atoms with Crippen molar-refractivity contribution in [3.63, 3.8) is 0 Å². The van der Waals surface area contributed by atoms with Crippen LogP contribution in [-0.2, 0) is 38.1 Å². The van der Waals surface area contributed by atoms with Gasteiger partial charge < -0.3 is 18.9 Å². The van der Waals surface area contributed by atoms with Gasteiger partial charge in [0.2, 0.25) is 0 Å². The second-order valence-electron chi connectivity index (χ2n) is 19.4. The van der Waals surface area contributed by atoms with E-state index >= 15 is 0 Å². The van der Waals surface area contributed by atoms with Crippen LogP contribution in [0.15, 0.2) is 0 Å². The van der Waals surface area contributed by atoms with Crippen LogP contribution >= 0.6 is 0 Å². The zero-order valence-corrected chi connectivity index (χ0v) is 39.1. The standard InChI is InChI=1S/C50H92O8/c1-39(2)29-21-13-9-17-25-33-55-47(51)43-37-45(49(53)57-35-27-19-11-15-23-31-41(5)6)46(50(54)58-36-28-20-12-16-24-32-42(7)8)38-44(43)48(52)56-34-26-18-10-14-22-30-40(3)4/h39-46H,9-38H2,1-8H3. The molecule has 1 saturated carbocycles. The lowest BCUT2D eigenvalue weighted by Crippen LogP contribution is -2.46. The smallest absolute Gasteiger partial charge is 0.309 e. The van der Waals surface area contributed by atoms with Gasteiger partial charge in [0.15, 0.2) is 0 Å². The third-order valence-electron chi connectivity index (χ3n) is 11.9. The molecule has 58 heavy (non-hydrogen) atoms. The predicted octanol–water partition coefficient (Wildman–Crippen LogP) is 13.4. The van der Waals surface area contributed by atoms with Gasteiger partial charge in [-0.15, -0.1) is 0 Å². The highest BCUT2D eigenvalue weighted by molar-refractivity contribution is 5.87. The lowest BCUT2D eigenvalue weighted by Gasteiger charge is -2.37. The van der Waals surface area contributed by atoms with Gasteiger partial charge in [0.1, 0.15) is 0 Å². The van der Waals surface area contributed by atoms with Crippen LogP contribution in [0.1, 0.15) is 222 Å². The van der Waals surface area contributed by atoms with Gasteiger partial charge in [-0.05, 0) is 62.2 Å². The molecule has 1 aliphatic carbocycles. The SMILES string of the molecule is CC(C)CCCCCCCOC(=O)C1CC(C(=O)OCCCCCCCC(C)C)C(C(=O)OCCCCCCCC(C)C)CC1C(=O)OCCCCCCCC(C)C. The Labute approximate surface area is 357 Å². The van der Waals surface area contributed by atoms with Crippen molar-refractivity contribution >= 4 is 23.9 Å². The van der Waals surface area contributed by atoms with E-state index in [1.54, 1.807) is 0 Å². The summed E-state index contributed by atoms with van der Waals surface area (Å²) in [6.07, 6.45) is 25.7. The van der Waals surface area contributed by atoms with Gasteiger partial charge >= 0.3 is 23.9 Å². The topological polar surface area (TPSA) is 105 Å². The highest BCUT2D eigenvalue weighted by Crippen LogP contribution is 2.41. The molecular weight excluding hydrogens is 729 g/mol. The minimum Gasteiger partial charge on any atom is -0.465 e. The molecule has 4 unspecified atom stereocenters. The lowest BCUT2D eigenvalue weighted by molar-refractivity contribution is -0.175. The van der Waals surface area contributed by atoms with E-state index in [0.717, 1.165) is 77.0 Å². The summed E-state index contributed by atoms with van der Waals surface area (Å²) < 4.78 is 23.2. The number of hydrogen-bond donors (Lipinski definition) is 0. The Morgan fingerprint density at radius 1 is 0.310 bits per heavy atom. The van der Waals surface area contributed by atoms with Crippen LogP contribution in [0.2, 0.25) is 0 Å². The van der Waals surface area contributed by atoms with E-state index in [2.05, 4.69) is 55.4 Å². The molecule has 0 N–H and O–H groups in total. The van der Waals surface area contributed by atoms with Crippen LogP contribution in [0.4, 0.5) is 0 Å². The lowest BCUT2D eigenvalue weighted by atomic mass is 9.68. The summed E-state index contributed by atoms with van der Waals surface area (Å²) in [5.74, 6) is -2.68. The van der Waals surface area contributed by atoms with Crippen LogP contribution in [0.5, 0.6) is 0 Å². The van der Waals surface area contributed by atoms with Gasteiger partial charge in [0.05, 0.1) is 50.1 Å². The third-order valence-corrected chi connectivity index (χ3v) is 11.9. The molecule has 0 bridgehead atoms. The van der Waals surface area contributed by atoms with E-state index in [-0.39, 0.29) is 39.3 Å². The molecule has 4 atom stereocenters. The Bertz CT molecular complexity index is 890. The van der Waals surface area contributed by atoms with Crippen LogP contribution in [-0.4, -0.2) is 50.3 Å². The fraction of sp³-hybridized carbons (Fsp3) is 0.920. The first-order chi connectivity index (χ1) is 27.8. The Hall–Kier alpha value is -2.12. The summed E-state index contributed by atoms with van der Waals surface area (Å²) in [7, 11) is 0. The van der Waals surface area contributed by atoms with Gasteiger partial charge in [-0.2, -0.15) is 0 Å². The fourth-order valence-electron chi connectivity index (χ4n) is 8.11. The maximum atomic E-state index is 13.8. The summed E-state index contributed by atoms with van der Waals surface area (Å²) in [6.45, 7) is 19.0.